The molecule has 11 heteroatoms. The van der Waals surface area contributed by atoms with E-state index in [0.29, 0.717) is 30.6 Å². The van der Waals surface area contributed by atoms with Crippen LogP contribution in [0.2, 0.25) is 0 Å². The zero-order valence-corrected chi connectivity index (χ0v) is 25.1. The number of nitrogens with one attached hydrogen (secondary N) is 4. The molecule has 5 N–H and O–H groups in total. The summed E-state index contributed by atoms with van der Waals surface area (Å²) in [5.41, 5.74) is 1.40. The van der Waals surface area contributed by atoms with Crippen molar-refractivity contribution in [3.8, 4) is 0 Å². The first-order chi connectivity index (χ1) is 19.9. The van der Waals surface area contributed by atoms with E-state index in [0.717, 1.165) is 5.56 Å². The van der Waals surface area contributed by atoms with Crippen molar-refractivity contribution in [1.82, 2.24) is 16.0 Å². The molecular weight excluding hydrogens is 540 g/mol. The van der Waals surface area contributed by atoms with Crippen molar-refractivity contribution in [1.29, 1.82) is 0 Å². The van der Waals surface area contributed by atoms with Crippen LogP contribution in [-0.4, -0.2) is 53.3 Å². The lowest BCUT2D eigenvalue weighted by molar-refractivity contribution is -0.128. The van der Waals surface area contributed by atoms with E-state index in [9.17, 15) is 24.3 Å². The lowest BCUT2D eigenvalue weighted by Crippen LogP contribution is -2.54. The number of rotatable bonds is 14. The standard InChI is InChI=1S/C31H44N4O7/c1-21(2)26(35-30(40)41-20-23-11-7-6-8-12-23)28(38)34-25(13-9-10-18-32-29(39)42-31(3,4)5)27(37)33-24-16-14-22(19-36)15-17-24/h6-8,11-12,14-17,21,25-26,36H,9-10,13,18-20H2,1-5H3,(H,32,39)(H,33,37)(H,34,38)(H,35,40)/t25-,26-/m0/s1. The lowest BCUT2D eigenvalue weighted by Gasteiger charge is -2.25. The molecule has 0 aliphatic rings. The number of unbranched alkanes of at least 4 members (excludes halogenated alkanes) is 1. The maximum atomic E-state index is 13.3. The lowest BCUT2D eigenvalue weighted by atomic mass is 10.0. The minimum absolute atomic E-state index is 0.0521. The van der Waals surface area contributed by atoms with Crippen molar-refractivity contribution in [2.24, 2.45) is 5.92 Å². The molecule has 2 aromatic carbocycles. The Labute approximate surface area is 247 Å². The monoisotopic (exact) mass is 584 g/mol. The van der Waals surface area contributed by atoms with Crippen molar-refractivity contribution in [3.63, 3.8) is 0 Å². The third kappa shape index (κ3) is 13.0. The van der Waals surface area contributed by atoms with Crippen molar-refractivity contribution >= 4 is 29.7 Å². The Morgan fingerprint density at radius 3 is 2.10 bits per heavy atom. The van der Waals surface area contributed by atoms with Gasteiger partial charge >= 0.3 is 12.2 Å². The number of hydrogen-bond donors (Lipinski definition) is 5. The molecule has 2 atom stereocenters. The van der Waals surface area contributed by atoms with Crippen LogP contribution in [-0.2, 0) is 32.3 Å². The molecule has 11 nitrogen and oxygen atoms in total. The largest absolute Gasteiger partial charge is 0.445 e. The predicted molar refractivity (Wildman–Crippen MR) is 159 cm³/mol. The van der Waals surface area contributed by atoms with Crippen LogP contribution in [0.1, 0.15) is 65.0 Å². The first-order valence-electron chi connectivity index (χ1n) is 14.1. The molecule has 0 fully saturated rings. The minimum Gasteiger partial charge on any atom is -0.445 e. The topological polar surface area (TPSA) is 155 Å². The number of ether oxygens (including phenoxy) is 2. The van der Waals surface area contributed by atoms with E-state index in [1.807, 2.05) is 30.3 Å². The fraction of sp³-hybridized carbons (Fsp3) is 0.484. The van der Waals surface area contributed by atoms with Crippen molar-refractivity contribution in [3.05, 3.63) is 65.7 Å². The maximum absolute atomic E-state index is 13.3. The third-order valence-corrected chi connectivity index (χ3v) is 6.06. The van der Waals surface area contributed by atoms with Gasteiger partial charge in [-0.05, 0) is 69.2 Å². The first kappa shape index (κ1) is 34.1. The average molecular weight is 585 g/mol. The highest BCUT2D eigenvalue weighted by Gasteiger charge is 2.29. The molecule has 0 spiro atoms. The van der Waals surface area contributed by atoms with Crippen molar-refractivity contribution < 1.29 is 33.8 Å². The number of aliphatic hydroxyl groups excluding tert-OH is 1. The predicted octanol–water partition coefficient (Wildman–Crippen LogP) is 4.25. The molecule has 0 radical (unpaired) electrons. The van der Waals surface area contributed by atoms with E-state index in [1.54, 1.807) is 58.9 Å². The summed E-state index contributed by atoms with van der Waals surface area (Å²) < 4.78 is 10.5. The molecule has 2 aromatic rings. The number of alkyl carbamates (subject to hydrolysis) is 2. The average Bonchev–Trinajstić information content (AvgIpc) is 2.93. The second-order valence-electron chi connectivity index (χ2n) is 11.3. The van der Waals surface area contributed by atoms with Gasteiger partial charge in [-0.2, -0.15) is 0 Å². The fourth-order valence-corrected chi connectivity index (χ4v) is 3.86. The normalized spacial score (nSPS) is 12.5. The summed E-state index contributed by atoms with van der Waals surface area (Å²) in [5, 5.41) is 20.1. The Morgan fingerprint density at radius 1 is 0.833 bits per heavy atom. The highest BCUT2D eigenvalue weighted by atomic mass is 16.6. The Morgan fingerprint density at radius 2 is 1.50 bits per heavy atom. The van der Waals surface area contributed by atoms with Crippen LogP contribution in [0, 0.1) is 5.92 Å². The van der Waals surface area contributed by atoms with Crippen LogP contribution in [0.3, 0.4) is 0 Å². The van der Waals surface area contributed by atoms with Crippen molar-refractivity contribution in [2.45, 2.75) is 84.8 Å². The maximum Gasteiger partial charge on any atom is 0.408 e. The zero-order valence-electron chi connectivity index (χ0n) is 25.1. The molecule has 0 unspecified atom stereocenters. The molecule has 0 saturated carbocycles. The number of amides is 4. The van der Waals surface area contributed by atoms with E-state index < -0.39 is 41.7 Å². The minimum atomic E-state index is -0.943. The quantitative estimate of drug-likeness (QED) is 0.208. The number of hydrogen-bond acceptors (Lipinski definition) is 7. The second-order valence-corrected chi connectivity index (χ2v) is 11.3. The van der Waals surface area contributed by atoms with Crippen molar-refractivity contribution in [2.75, 3.05) is 11.9 Å². The summed E-state index contributed by atoms with van der Waals surface area (Å²) in [6.07, 6.45) is 0.0661. The molecule has 2 rings (SSSR count). The van der Waals surface area contributed by atoms with E-state index in [2.05, 4.69) is 21.3 Å². The number of carbonyl (C=O) groups excluding carboxylic acids is 4. The van der Waals surface area contributed by atoms with Crippen LogP contribution in [0.5, 0.6) is 0 Å². The molecule has 4 amide bonds. The Balaban J connectivity index is 2.02. The van der Waals surface area contributed by atoms with Crippen LogP contribution in [0.25, 0.3) is 0 Å². The van der Waals surface area contributed by atoms with Gasteiger partial charge in [0, 0.05) is 12.2 Å². The van der Waals surface area contributed by atoms with E-state index in [1.165, 1.54) is 0 Å². The van der Waals surface area contributed by atoms with Gasteiger partial charge in [0.15, 0.2) is 0 Å². The molecule has 0 aromatic heterocycles. The zero-order chi connectivity index (χ0) is 31.1. The molecule has 0 aliphatic heterocycles. The Kier molecular flexibility index (Phi) is 13.8. The van der Waals surface area contributed by atoms with Crippen LogP contribution >= 0.6 is 0 Å². The van der Waals surface area contributed by atoms with Gasteiger partial charge in [0.2, 0.25) is 11.8 Å². The van der Waals surface area contributed by atoms with Gasteiger partial charge in [0.1, 0.15) is 24.3 Å². The van der Waals surface area contributed by atoms with Crippen LogP contribution in [0.4, 0.5) is 15.3 Å². The summed E-state index contributed by atoms with van der Waals surface area (Å²) in [4.78, 5) is 50.9. The van der Waals surface area contributed by atoms with Gasteiger partial charge in [-0.25, -0.2) is 9.59 Å². The van der Waals surface area contributed by atoms with Gasteiger partial charge in [-0.15, -0.1) is 0 Å². The molecule has 42 heavy (non-hydrogen) atoms. The number of benzene rings is 2. The number of aliphatic hydroxyl groups is 1. The van der Waals surface area contributed by atoms with Gasteiger partial charge in [0.25, 0.3) is 0 Å². The molecule has 0 bridgehead atoms. The molecule has 230 valence electrons. The summed E-state index contributed by atoms with van der Waals surface area (Å²) in [6.45, 7) is 9.15. The third-order valence-electron chi connectivity index (χ3n) is 6.06. The molecular formula is C31H44N4O7. The summed E-state index contributed by atoms with van der Waals surface area (Å²) >= 11 is 0. The summed E-state index contributed by atoms with van der Waals surface area (Å²) in [6, 6.07) is 14.0. The first-order valence-corrected chi connectivity index (χ1v) is 14.1. The molecule has 0 aliphatic carbocycles. The van der Waals surface area contributed by atoms with Gasteiger partial charge in [-0.3, -0.25) is 9.59 Å². The van der Waals surface area contributed by atoms with E-state index in [4.69, 9.17) is 9.47 Å². The number of anilines is 1. The SMILES string of the molecule is CC(C)[C@H](NC(=O)OCc1ccccc1)C(=O)N[C@@H](CCCCNC(=O)OC(C)(C)C)C(=O)Nc1ccc(CO)cc1. The Hall–Kier alpha value is -4.12. The van der Waals surface area contributed by atoms with Gasteiger partial charge < -0.3 is 35.8 Å². The number of carbonyl (C=O) groups is 4. The Bertz CT molecular complexity index is 1150. The summed E-state index contributed by atoms with van der Waals surface area (Å²) in [7, 11) is 0. The van der Waals surface area contributed by atoms with E-state index in [-0.39, 0.29) is 25.6 Å². The smallest absolute Gasteiger partial charge is 0.408 e. The van der Waals surface area contributed by atoms with Crippen LogP contribution < -0.4 is 21.3 Å². The highest BCUT2D eigenvalue weighted by molar-refractivity contribution is 5.98. The van der Waals surface area contributed by atoms with E-state index >= 15 is 0 Å². The molecule has 0 saturated heterocycles. The van der Waals surface area contributed by atoms with Gasteiger partial charge in [-0.1, -0.05) is 56.3 Å². The second kappa shape index (κ2) is 17.0. The van der Waals surface area contributed by atoms with Gasteiger partial charge in [0.05, 0.1) is 6.61 Å². The molecule has 0 heterocycles. The fourth-order valence-electron chi connectivity index (χ4n) is 3.86. The van der Waals surface area contributed by atoms with Crippen LogP contribution in [0.15, 0.2) is 54.6 Å². The summed E-state index contributed by atoms with van der Waals surface area (Å²) in [5.74, 6) is -1.25. The highest BCUT2D eigenvalue weighted by Crippen LogP contribution is 2.13.